The van der Waals surface area contributed by atoms with Crippen molar-refractivity contribution in [3.05, 3.63) is 83.8 Å². The first kappa shape index (κ1) is 16.1. The summed E-state index contributed by atoms with van der Waals surface area (Å²) in [6.45, 7) is 0. The van der Waals surface area contributed by atoms with E-state index >= 15 is 0 Å². The third-order valence-corrected chi connectivity index (χ3v) is 3.43. The Labute approximate surface area is 143 Å². The minimum absolute atomic E-state index is 0.224. The first-order valence-corrected chi connectivity index (χ1v) is 7.45. The maximum absolute atomic E-state index is 13.8. The average molecular weight is 332 g/mol. The summed E-state index contributed by atoms with van der Waals surface area (Å²) in [5.41, 5.74) is 1.41. The molecule has 0 saturated heterocycles. The lowest BCUT2D eigenvalue weighted by Crippen LogP contribution is -2.15. The fourth-order valence-corrected chi connectivity index (χ4v) is 2.24. The van der Waals surface area contributed by atoms with Crippen LogP contribution in [0, 0.1) is 17.1 Å². The number of pyridine rings is 1. The third-order valence-electron chi connectivity index (χ3n) is 3.43. The Balaban J connectivity index is 1.86. The zero-order valence-electron chi connectivity index (χ0n) is 13.0. The molecule has 0 bridgehead atoms. The van der Waals surface area contributed by atoms with E-state index in [9.17, 15) is 9.18 Å². The zero-order chi connectivity index (χ0) is 17.6. The highest BCUT2D eigenvalue weighted by Crippen LogP contribution is 2.22. The number of hydrogen-bond acceptors (Lipinski definition) is 4. The number of aromatic nitrogens is 1. The van der Waals surface area contributed by atoms with Gasteiger partial charge in [0.25, 0.3) is 5.91 Å². The molecule has 0 radical (unpaired) electrons. The van der Waals surface area contributed by atoms with E-state index in [0.29, 0.717) is 11.3 Å². The fourth-order valence-electron chi connectivity index (χ4n) is 2.24. The Morgan fingerprint density at radius 2 is 1.92 bits per heavy atom. The minimum atomic E-state index is -0.443. The summed E-state index contributed by atoms with van der Waals surface area (Å²) in [4.78, 5) is 16.7. The molecule has 25 heavy (non-hydrogen) atoms. The van der Waals surface area contributed by atoms with Crippen LogP contribution in [0.3, 0.4) is 0 Å². The first-order valence-electron chi connectivity index (χ1n) is 7.45. The van der Waals surface area contributed by atoms with Gasteiger partial charge in [0.2, 0.25) is 0 Å². The van der Waals surface area contributed by atoms with Crippen molar-refractivity contribution in [3.8, 4) is 6.07 Å². The van der Waals surface area contributed by atoms with Crippen LogP contribution in [0.4, 0.5) is 21.6 Å². The van der Waals surface area contributed by atoms with Crippen LogP contribution in [0.2, 0.25) is 0 Å². The summed E-state index contributed by atoms with van der Waals surface area (Å²) < 4.78 is 13.8. The van der Waals surface area contributed by atoms with Gasteiger partial charge in [-0.15, -0.1) is 0 Å². The molecule has 3 aromatic rings. The van der Waals surface area contributed by atoms with E-state index in [4.69, 9.17) is 5.26 Å². The topological polar surface area (TPSA) is 77.8 Å². The maximum atomic E-state index is 13.8. The molecule has 0 atom stereocenters. The normalized spacial score (nSPS) is 9.92. The number of carbonyl (C=O) groups excluding carboxylic acids is 1. The second kappa shape index (κ2) is 7.23. The number of rotatable bonds is 4. The van der Waals surface area contributed by atoms with Gasteiger partial charge in [-0.2, -0.15) is 5.26 Å². The lowest BCUT2D eigenvalue weighted by atomic mass is 10.2. The smallest absolute Gasteiger partial charge is 0.259 e. The zero-order valence-corrected chi connectivity index (χ0v) is 13.0. The van der Waals surface area contributed by atoms with Gasteiger partial charge in [0.05, 0.1) is 22.9 Å². The highest BCUT2D eigenvalue weighted by molar-refractivity contribution is 6.07. The monoisotopic (exact) mass is 332 g/mol. The predicted octanol–water partition coefficient (Wildman–Crippen LogP) is 4.09. The van der Waals surface area contributed by atoms with Gasteiger partial charge in [0, 0.05) is 11.9 Å². The van der Waals surface area contributed by atoms with Crippen molar-refractivity contribution in [1.29, 1.82) is 5.26 Å². The predicted molar refractivity (Wildman–Crippen MR) is 93.0 cm³/mol. The van der Waals surface area contributed by atoms with Crippen molar-refractivity contribution >= 4 is 23.1 Å². The second-order valence-corrected chi connectivity index (χ2v) is 5.15. The largest absolute Gasteiger partial charge is 0.337 e. The molecule has 0 spiro atoms. The molecule has 3 rings (SSSR count). The number of amides is 1. The molecule has 5 nitrogen and oxygen atoms in total. The van der Waals surface area contributed by atoms with Crippen LogP contribution < -0.4 is 10.6 Å². The van der Waals surface area contributed by atoms with Gasteiger partial charge in [-0.3, -0.25) is 4.79 Å². The number of nitrogens with zero attached hydrogens (tertiary/aromatic N) is 2. The summed E-state index contributed by atoms with van der Waals surface area (Å²) in [5.74, 6) is -0.621. The van der Waals surface area contributed by atoms with Crippen LogP contribution >= 0.6 is 0 Å². The molecule has 0 saturated carbocycles. The van der Waals surface area contributed by atoms with E-state index in [1.165, 1.54) is 12.3 Å². The number of nitrogens with one attached hydrogen (secondary N) is 2. The van der Waals surface area contributed by atoms with Crippen molar-refractivity contribution in [3.63, 3.8) is 0 Å². The SMILES string of the molecule is N#Cc1cccc(NC(=O)c2cccnc2Nc2ccccc2F)c1. The lowest BCUT2D eigenvalue weighted by molar-refractivity contribution is 0.102. The summed E-state index contributed by atoms with van der Waals surface area (Å²) in [6.07, 6.45) is 1.51. The van der Waals surface area contributed by atoms with E-state index in [-0.39, 0.29) is 17.1 Å². The van der Waals surface area contributed by atoms with E-state index in [0.717, 1.165) is 0 Å². The number of carbonyl (C=O) groups is 1. The van der Waals surface area contributed by atoms with Crippen LogP contribution in [-0.4, -0.2) is 10.9 Å². The number of benzene rings is 2. The number of hydrogen-bond donors (Lipinski definition) is 2. The maximum Gasteiger partial charge on any atom is 0.259 e. The summed E-state index contributed by atoms with van der Waals surface area (Å²) in [5, 5.41) is 14.5. The van der Waals surface area contributed by atoms with Gasteiger partial charge in [-0.25, -0.2) is 9.37 Å². The van der Waals surface area contributed by atoms with E-state index in [1.54, 1.807) is 54.6 Å². The Morgan fingerprint density at radius 1 is 1.08 bits per heavy atom. The van der Waals surface area contributed by atoms with Crippen molar-refractivity contribution in [1.82, 2.24) is 4.98 Å². The molecular weight excluding hydrogens is 319 g/mol. The average Bonchev–Trinajstić information content (AvgIpc) is 2.64. The van der Waals surface area contributed by atoms with Crippen LogP contribution in [0.15, 0.2) is 66.9 Å². The molecule has 1 aromatic heterocycles. The molecule has 122 valence electrons. The van der Waals surface area contributed by atoms with Gasteiger partial charge >= 0.3 is 0 Å². The Hall–Kier alpha value is -3.72. The van der Waals surface area contributed by atoms with Gasteiger partial charge in [0.15, 0.2) is 0 Å². The fraction of sp³-hybridized carbons (Fsp3) is 0. The summed E-state index contributed by atoms with van der Waals surface area (Å²) in [7, 11) is 0. The van der Waals surface area contributed by atoms with E-state index in [1.807, 2.05) is 6.07 Å². The van der Waals surface area contributed by atoms with Gasteiger partial charge in [-0.1, -0.05) is 18.2 Å². The van der Waals surface area contributed by atoms with Crippen molar-refractivity contribution in [2.75, 3.05) is 10.6 Å². The number of halogens is 1. The van der Waals surface area contributed by atoms with Crippen LogP contribution in [-0.2, 0) is 0 Å². The Kier molecular flexibility index (Phi) is 4.67. The van der Waals surface area contributed by atoms with E-state index in [2.05, 4.69) is 15.6 Å². The molecule has 0 unspecified atom stereocenters. The van der Waals surface area contributed by atoms with Gasteiger partial charge in [0.1, 0.15) is 11.6 Å². The molecule has 0 aliphatic heterocycles. The third kappa shape index (κ3) is 3.79. The van der Waals surface area contributed by atoms with Crippen LogP contribution in [0.25, 0.3) is 0 Å². The molecule has 1 amide bonds. The first-order chi connectivity index (χ1) is 12.2. The minimum Gasteiger partial charge on any atom is -0.337 e. The molecule has 6 heteroatoms. The van der Waals surface area contributed by atoms with Crippen molar-refractivity contribution in [2.45, 2.75) is 0 Å². The van der Waals surface area contributed by atoms with Crippen molar-refractivity contribution < 1.29 is 9.18 Å². The Morgan fingerprint density at radius 3 is 2.72 bits per heavy atom. The molecule has 2 N–H and O–H groups in total. The number of nitriles is 1. The number of anilines is 3. The standard InChI is InChI=1S/C19H13FN4O/c20-16-8-1-2-9-17(16)24-18-15(7-4-10-22-18)19(25)23-14-6-3-5-13(11-14)12-21/h1-11H,(H,22,24)(H,23,25). The van der Waals surface area contributed by atoms with Crippen LogP contribution in [0.5, 0.6) is 0 Å². The molecule has 2 aromatic carbocycles. The molecular formula is C19H13FN4O. The molecule has 1 heterocycles. The summed E-state index contributed by atoms with van der Waals surface area (Å²) in [6, 6.07) is 17.9. The van der Waals surface area contributed by atoms with Crippen molar-refractivity contribution in [2.24, 2.45) is 0 Å². The highest BCUT2D eigenvalue weighted by atomic mass is 19.1. The molecule has 0 aliphatic carbocycles. The summed E-state index contributed by atoms with van der Waals surface area (Å²) >= 11 is 0. The number of para-hydroxylation sites is 1. The molecule has 0 fully saturated rings. The quantitative estimate of drug-likeness (QED) is 0.754. The van der Waals surface area contributed by atoms with Gasteiger partial charge < -0.3 is 10.6 Å². The Bertz CT molecular complexity index is 965. The highest BCUT2D eigenvalue weighted by Gasteiger charge is 2.14. The van der Waals surface area contributed by atoms with Crippen LogP contribution in [0.1, 0.15) is 15.9 Å². The van der Waals surface area contributed by atoms with E-state index < -0.39 is 11.7 Å². The lowest BCUT2D eigenvalue weighted by Gasteiger charge is -2.12. The molecule has 0 aliphatic rings. The second-order valence-electron chi connectivity index (χ2n) is 5.15. The van der Waals surface area contributed by atoms with Gasteiger partial charge in [-0.05, 0) is 42.5 Å².